The fourth-order valence-electron chi connectivity index (χ4n) is 12.6. The second kappa shape index (κ2) is 16.2. The lowest BCUT2D eigenvalue weighted by atomic mass is 9.45. The van der Waals surface area contributed by atoms with E-state index in [1.807, 2.05) is 14.0 Å². The lowest BCUT2D eigenvalue weighted by Gasteiger charge is -2.62. The van der Waals surface area contributed by atoms with Gasteiger partial charge in [0.2, 0.25) is 11.8 Å². The minimum Gasteiger partial charge on any atom is -0.393 e. The third-order valence-electron chi connectivity index (χ3n) is 15.6. The van der Waals surface area contributed by atoms with Crippen LogP contribution in [0.1, 0.15) is 124 Å². The highest BCUT2D eigenvalue weighted by atomic mass is 16.5. The summed E-state index contributed by atoms with van der Waals surface area (Å²) in [5.74, 6) is 4.24. The first-order chi connectivity index (χ1) is 23.5. The Labute approximate surface area is 298 Å². The third-order valence-corrected chi connectivity index (χ3v) is 15.6. The van der Waals surface area contributed by atoms with E-state index in [1.54, 1.807) is 0 Å². The lowest BCUT2D eigenvalue weighted by Crippen LogP contribution is -2.62. The predicted octanol–water partition coefficient (Wildman–Crippen LogP) is 5.75. The van der Waals surface area contributed by atoms with Gasteiger partial charge in [0.25, 0.3) is 0 Å². The third kappa shape index (κ3) is 7.93. The van der Waals surface area contributed by atoms with Gasteiger partial charge in [0.05, 0.1) is 18.2 Å². The second-order valence-corrected chi connectivity index (χ2v) is 18.5. The van der Waals surface area contributed by atoms with E-state index in [-0.39, 0.29) is 47.8 Å². The van der Waals surface area contributed by atoms with Crippen molar-refractivity contribution in [2.24, 2.45) is 70.3 Å². The maximum absolute atomic E-state index is 14.3. The van der Waals surface area contributed by atoms with Gasteiger partial charge in [0.1, 0.15) is 0 Å². The number of nitrogens with zero attached hydrogens (tertiary/aromatic N) is 1. The van der Waals surface area contributed by atoms with Gasteiger partial charge in [-0.25, -0.2) is 0 Å². The Balaban J connectivity index is 1.09. The number of amides is 2. The van der Waals surface area contributed by atoms with E-state index in [2.05, 4.69) is 36.3 Å². The summed E-state index contributed by atoms with van der Waals surface area (Å²) in [6.07, 6.45) is 17.4. The predicted molar refractivity (Wildman–Crippen MR) is 195 cm³/mol. The van der Waals surface area contributed by atoms with Crippen molar-refractivity contribution in [3.8, 4) is 0 Å². The molecule has 0 radical (unpaired) electrons. The molecule has 0 spiro atoms. The summed E-state index contributed by atoms with van der Waals surface area (Å²) in [6, 6.07) is -0.173. The minimum atomic E-state index is -0.601. The zero-order valence-corrected chi connectivity index (χ0v) is 31.7. The van der Waals surface area contributed by atoms with Crippen LogP contribution in [0, 0.1) is 64.6 Å². The quantitative estimate of drug-likeness (QED) is 0.208. The first kappa shape index (κ1) is 37.5. The van der Waals surface area contributed by atoms with Gasteiger partial charge in [-0.3, -0.25) is 14.5 Å². The van der Waals surface area contributed by atoms with Crippen LogP contribution in [0.15, 0.2) is 0 Å². The summed E-state index contributed by atoms with van der Waals surface area (Å²) in [7, 11) is 1.88. The number of fused-ring (bicyclic) bond motifs is 2. The smallest absolute Gasteiger partial charge is 0.237 e. The van der Waals surface area contributed by atoms with Crippen molar-refractivity contribution in [2.45, 2.75) is 148 Å². The monoisotopic (exact) mass is 685 g/mol. The van der Waals surface area contributed by atoms with E-state index in [1.165, 1.54) is 44.9 Å². The van der Waals surface area contributed by atoms with E-state index < -0.39 is 6.10 Å². The summed E-state index contributed by atoms with van der Waals surface area (Å²) >= 11 is 0. The Morgan fingerprint density at radius 3 is 2.39 bits per heavy atom. The molecule has 1 heterocycles. The SMILES string of the molecule is COC1C(CN2C[C@@H](CN)[C@@H]([C@H](C)O)[C@H]2C(=O)N[C@H]2CC3C[C@@H]([C@@H]2C)C3(C)C)CCCC1C1CCCC(C(=O)NCCC2CCCCC2)C1. The van der Waals surface area contributed by atoms with E-state index in [4.69, 9.17) is 10.5 Å². The Kier molecular flexibility index (Phi) is 12.4. The number of rotatable bonds is 12. The van der Waals surface area contributed by atoms with Crippen molar-refractivity contribution in [3.05, 3.63) is 0 Å². The molecule has 49 heavy (non-hydrogen) atoms. The van der Waals surface area contributed by atoms with Gasteiger partial charge in [-0.1, -0.05) is 72.1 Å². The van der Waals surface area contributed by atoms with Crippen molar-refractivity contribution in [2.75, 3.05) is 33.3 Å². The van der Waals surface area contributed by atoms with Crippen LogP contribution >= 0.6 is 0 Å². The van der Waals surface area contributed by atoms with Crippen LogP contribution in [-0.4, -0.2) is 79.4 Å². The molecule has 7 aliphatic rings. The second-order valence-electron chi connectivity index (χ2n) is 18.5. The number of likely N-dealkylation sites (tertiary alicyclic amines) is 1. The number of nitrogens with one attached hydrogen (secondary N) is 2. The molecule has 6 aliphatic carbocycles. The molecule has 1 saturated heterocycles. The molecule has 7 rings (SSSR count). The first-order valence-electron chi connectivity index (χ1n) is 20.8. The summed E-state index contributed by atoms with van der Waals surface area (Å²) < 4.78 is 6.40. The number of ether oxygens (including phenoxy) is 1. The zero-order valence-electron chi connectivity index (χ0n) is 31.7. The van der Waals surface area contributed by atoms with Crippen LogP contribution in [0.3, 0.4) is 0 Å². The average molecular weight is 685 g/mol. The van der Waals surface area contributed by atoms with Crippen LogP contribution in [0.5, 0.6) is 0 Å². The number of hydrogen-bond donors (Lipinski definition) is 4. The van der Waals surface area contributed by atoms with Crippen molar-refractivity contribution >= 4 is 11.8 Å². The highest BCUT2D eigenvalue weighted by Crippen LogP contribution is 2.61. The topological polar surface area (TPSA) is 117 Å². The largest absolute Gasteiger partial charge is 0.393 e. The molecule has 8 nitrogen and oxygen atoms in total. The number of hydrogen-bond acceptors (Lipinski definition) is 6. The van der Waals surface area contributed by atoms with Crippen LogP contribution in [-0.2, 0) is 14.3 Å². The van der Waals surface area contributed by atoms with Gasteiger partial charge in [0.15, 0.2) is 0 Å². The average Bonchev–Trinajstić information content (AvgIpc) is 3.48. The Morgan fingerprint density at radius 2 is 1.71 bits per heavy atom. The Bertz CT molecular complexity index is 1110. The highest BCUT2D eigenvalue weighted by Gasteiger charge is 2.57. The molecular weight excluding hydrogens is 612 g/mol. The maximum atomic E-state index is 14.3. The molecule has 6 saturated carbocycles. The van der Waals surface area contributed by atoms with E-state index in [9.17, 15) is 14.7 Å². The number of aliphatic hydroxyl groups excluding tert-OH is 1. The molecule has 5 N–H and O–H groups in total. The molecule has 13 atom stereocenters. The molecule has 2 bridgehead atoms. The molecule has 280 valence electrons. The van der Waals surface area contributed by atoms with Gasteiger partial charge in [0, 0.05) is 44.6 Å². The summed E-state index contributed by atoms with van der Waals surface area (Å²) in [5.41, 5.74) is 6.70. The van der Waals surface area contributed by atoms with Crippen LogP contribution in [0.4, 0.5) is 0 Å². The number of carbonyl (C=O) groups is 2. The molecule has 0 aromatic heterocycles. The first-order valence-corrected chi connectivity index (χ1v) is 20.8. The zero-order chi connectivity index (χ0) is 34.9. The fraction of sp³-hybridized carbons (Fsp3) is 0.951. The molecule has 8 heteroatoms. The Hall–Kier alpha value is -1.22. The number of nitrogens with two attached hydrogens (primary N) is 1. The van der Waals surface area contributed by atoms with Crippen molar-refractivity contribution in [1.82, 2.24) is 15.5 Å². The number of methoxy groups -OCH3 is 1. The fourth-order valence-corrected chi connectivity index (χ4v) is 12.6. The summed E-state index contributed by atoms with van der Waals surface area (Å²) in [5, 5.41) is 17.9. The van der Waals surface area contributed by atoms with Gasteiger partial charge in [-0.05, 0) is 111 Å². The molecular formula is C41H72N4O4. The molecule has 1 aliphatic heterocycles. The molecule has 0 aromatic rings. The Morgan fingerprint density at radius 1 is 0.959 bits per heavy atom. The van der Waals surface area contributed by atoms with Crippen molar-refractivity contribution in [1.29, 1.82) is 0 Å². The standard InChI is InChI=1S/C41H72N4O4/c1-25-34-20-32(41(34,3)4)21-35(25)44-40(48)37-36(26(2)46)31(22-42)24-45(37)23-30-15-10-16-33(38(30)49-5)28-13-9-14-29(19-28)39(47)43-18-17-27-11-7-6-8-12-27/h25-38,46H,6-24,42H2,1-5H3,(H,43,47)(H,44,48)/t25-,26-,28?,29?,30?,31+,32?,33?,34-,35-,36+,37-,38?/m0/s1. The van der Waals surface area contributed by atoms with E-state index >= 15 is 0 Å². The number of carbonyl (C=O) groups excluding carboxylic acids is 2. The van der Waals surface area contributed by atoms with Gasteiger partial charge in [-0.15, -0.1) is 0 Å². The normalized spacial score (nSPS) is 41.9. The maximum Gasteiger partial charge on any atom is 0.237 e. The van der Waals surface area contributed by atoms with Crippen molar-refractivity contribution < 1.29 is 19.4 Å². The van der Waals surface area contributed by atoms with Crippen molar-refractivity contribution in [3.63, 3.8) is 0 Å². The van der Waals surface area contributed by atoms with E-state index in [0.717, 1.165) is 76.9 Å². The summed E-state index contributed by atoms with van der Waals surface area (Å²) in [4.78, 5) is 30.1. The molecule has 7 fully saturated rings. The molecule has 2 amide bonds. The van der Waals surface area contributed by atoms with Crippen LogP contribution < -0.4 is 16.4 Å². The molecule has 0 aromatic carbocycles. The van der Waals surface area contributed by atoms with Crippen LogP contribution in [0.2, 0.25) is 0 Å². The highest BCUT2D eigenvalue weighted by molar-refractivity contribution is 5.83. The molecule has 6 unspecified atom stereocenters. The van der Waals surface area contributed by atoms with Gasteiger partial charge < -0.3 is 26.2 Å². The summed E-state index contributed by atoms with van der Waals surface area (Å²) in [6.45, 7) is 11.8. The van der Waals surface area contributed by atoms with E-state index in [0.29, 0.717) is 47.5 Å². The lowest BCUT2D eigenvalue weighted by molar-refractivity contribution is -0.139. The minimum absolute atomic E-state index is 0.0861. The van der Waals surface area contributed by atoms with Gasteiger partial charge in [-0.2, -0.15) is 0 Å². The van der Waals surface area contributed by atoms with Gasteiger partial charge >= 0.3 is 0 Å². The van der Waals surface area contributed by atoms with Crippen LogP contribution in [0.25, 0.3) is 0 Å². The number of aliphatic hydroxyl groups is 1.